The smallest absolute Gasteiger partial charge is 0.165 e. The van der Waals surface area contributed by atoms with E-state index in [9.17, 15) is 0 Å². The molecule has 24 heavy (non-hydrogen) atoms. The largest absolute Gasteiger partial charge is 0.340 e. The minimum atomic E-state index is 0.608. The number of pyridine rings is 1. The molecule has 1 atom stereocenters. The topological polar surface area (TPSA) is 56.8 Å². The number of nitrogens with zero attached hydrogens (tertiary/aromatic N) is 3. The average Bonchev–Trinajstić information content (AvgIpc) is 3.09. The molecule has 0 saturated carbocycles. The van der Waals surface area contributed by atoms with Crippen molar-refractivity contribution >= 4 is 23.5 Å². The molecule has 7 heteroatoms. The van der Waals surface area contributed by atoms with Crippen LogP contribution in [-0.2, 0) is 5.75 Å². The third-order valence-electron chi connectivity index (χ3n) is 4.20. The quantitative estimate of drug-likeness (QED) is 0.738. The van der Waals surface area contributed by atoms with Crippen LogP contribution in [0.5, 0.6) is 0 Å². The molecule has 1 unspecified atom stereocenters. The van der Waals surface area contributed by atoms with E-state index in [-0.39, 0.29) is 0 Å². The summed E-state index contributed by atoms with van der Waals surface area (Å²) in [4.78, 5) is 15.8. The molecule has 0 radical (unpaired) electrons. The maximum Gasteiger partial charge on any atom is 0.165 e. The van der Waals surface area contributed by atoms with E-state index in [4.69, 9.17) is 0 Å². The van der Waals surface area contributed by atoms with Gasteiger partial charge in [-0.2, -0.15) is 0 Å². The van der Waals surface area contributed by atoms with Crippen molar-refractivity contribution in [1.29, 1.82) is 0 Å². The van der Waals surface area contributed by atoms with Crippen LogP contribution in [0.4, 0.5) is 0 Å². The zero-order valence-corrected chi connectivity index (χ0v) is 15.9. The van der Waals surface area contributed by atoms with Crippen LogP contribution in [0.15, 0.2) is 34.7 Å². The van der Waals surface area contributed by atoms with Gasteiger partial charge in [0.15, 0.2) is 5.16 Å². The van der Waals surface area contributed by atoms with E-state index in [2.05, 4.69) is 45.1 Å². The van der Waals surface area contributed by atoms with Crippen LogP contribution < -0.4 is 5.32 Å². The van der Waals surface area contributed by atoms with Gasteiger partial charge in [-0.25, -0.2) is 4.98 Å². The first-order valence-electron chi connectivity index (χ1n) is 8.37. The van der Waals surface area contributed by atoms with Gasteiger partial charge >= 0.3 is 0 Å². The molecule has 1 saturated heterocycles. The second kappa shape index (κ2) is 8.89. The summed E-state index contributed by atoms with van der Waals surface area (Å²) in [5, 5.41) is 4.44. The molecule has 5 nitrogen and oxygen atoms in total. The van der Waals surface area contributed by atoms with Gasteiger partial charge in [-0.3, -0.25) is 9.88 Å². The number of rotatable bonds is 7. The maximum absolute atomic E-state index is 4.55. The first-order chi connectivity index (χ1) is 11.7. The van der Waals surface area contributed by atoms with Crippen molar-refractivity contribution in [2.24, 2.45) is 0 Å². The second-order valence-corrected chi connectivity index (χ2v) is 8.17. The Morgan fingerprint density at radius 1 is 1.29 bits per heavy atom. The number of hydrogen-bond donors (Lipinski definition) is 2. The maximum atomic E-state index is 4.55. The highest BCUT2D eigenvalue weighted by atomic mass is 32.2. The number of imidazole rings is 1. The second-order valence-electron chi connectivity index (χ2n) is 6.07. The zero-order valence-electron chi connectivity index (χ0n) is 14.3. The van der Waals surface area contributed by atoms with Crippen LogP contribution in [0.2, 0.25) is 0 Å². The lowest BCUT2D eigenvalue weighted by Crippen LogP contribution is -2.49. The van der Waals surface area contributed by atoms with E-state index >= 15 is 0 Å². The van der Waals surface area contributed by atoms with Gasteiger partial charge in [-0.1, -0.05) is 11.8 Å². The number of nitrogens with one attached hydrogen (secondary N) is 2. The molecule has 0 bridgehead atoms. The van der Waals surface area contributed by atoms with Crippen LogP contribution in [0.1, 0.15) is 18.2 Å². The molecule has 0 aliphatic carbocycles. The summed E-state index contributed by atoms with van der Waals surface area (Å²) in [5.74, 6) is 1.98. The average molecular weight is 364 g/mol. The number of hydrogen-bond acceptors (Lipinski definition) is 6. The number of thioether (sulfide) groups is 2. The normalized spacial score (nSPS) is 18.8. The molecule has 2 N–H and O–H groups in total. The van der Waals surface area contributed by atoms with Crippen molar-refractivity contribution < 1.29 is 0 Å². The Morgan fingerprint density at radius 2 is 2.21 bits per heavy atom. The minimum absolute atomic E-state index is 0.608. The summed E-state index contributed by atoms with van der Waals surface area (Å²) in [7, 11) is 0. The Balaban J connectivity index is 1.51. The predicted octanol–water partition coefficient (Wildman–Crippen LogP) is 2.79. The lowest BCUT2D eigenvalue weighted by atomic mass is 10.2. The Bertz CT molecular complexity index is 632. The van der Waals surface area contributed by atoms with Gasteiger partial charge in [0, 0.05) is 67.2 Å². The fourth-order valence-electron chi connectivity index (χ4n) is 2.83. The molecule has 2 aromatic heterocycles. The Hall–Kier alpha value is -1.02. The number of aromatic nitrogens is 3. The fourth-order valence-corrected chi connectivity index (χ4v) is 4.74. The molecule has 0 spiro atoms. The van der Waals surface area contributed by atoms with E-state index in [1.165, 1.54) is 10.5 Å². The predicted molar refractivity (Wildman–Crippen MR) is 102 cm³/mol. The van der Waals surface area contributed by atoms with E-state index in [0.29, 0.717) is 6.04 Å². The summed E-state index contributed by atoms with van der Waals surface area (Å²) >= 11 is 3.64. The van der Waals surface area contributed by atoms with Crippen molar-refractivity contribution in [3.05, 3.63) is 35.9 Å². The van der Waals surface area contributed by atoms with Gasteiger partial charge in [-0.05, 0) is 25.5 Å². The Morgan fingerprint density at radius 3 is 3.00 bits per heavy atom. The first-order valence-corrected chi connectivity index (χ1v) is 10.3. The summed E-state index contributed by atoms with van der Waals surface area (Å²) < 4.78 is 0. The minimum Gasteiger partial charge on any atom is -0.340 e. The van der Waals surface area contributed by atoms with Crippen molar-refractivity contribution in [2.45, 2.75) is 35.7 Å². The molecular formula is C17H25N5S2. The summed E-state index contributed by atoms with van der Waals surface area (Å²) in [6.45, 7) is 9.00. The van der Waals surface area contributed by atoms with Crippen molar-refractivity contribution in [3.8, 4) is 0 Å². The number of H-pyrrole nitrogens is 1. The lowest BCUT2D eigenvalue weighted by molar-refractivity contribution is 0.218. The third-order valence-corrected chi connectivity index (χ3v) is 6.25. The SMILES string of the molecule is Cc1c(SCCN2CCNC(C)C2)ccnc1CSc1ncc[nH]1. The molecule has 1 aliphatic rings. The Kier molecular flexibility index (Phi) is 6.59. The molecule has 0 amide bonds. The molecule has 3 heterocycles. The molecule has 0 aromatic carbocycles. The van der Waals surface area contributed by atoms with Gasteiger partial charge < -0.3 is 10.3 Å². The van der Waals surface area contributed by atoms with Crippen LogP contribution in [0.3, 0.4) is 0 Å². The summed E-state index contributed by atoms with van der Waals surface area (Å²) in [6.07, 6.45) is 5.57. The first kappa shape index (κ1) is 17.8. The highest BCUT2D eigenvalue weighted by molar-refractivity contribution is 7.99. The highest BCUT2D eigenvalue weighted by Gasteiger charge is 2.15. The highest BCUT2D eigenvalue weighted by Crippen LogP contribution is 2.27. The van der Waals surface area contributed by atoms with E-state index in [1.807, 2.05) is 24.2 Å². The molecule has 1 fully saturated rings. The Labute approximate surface area is 152 Å². The lowest BCUT2D eigenvalue weighted by Gasteiger charge is -2.31. The van der Waals surface area contributed by atoms with Crippen LogP contribution in [-0.4, -0.2) is 57.8 Å². The fraction of sp³-hybridized carbons (Fsp3) is 0.529. The van der Waals surface area contributed by atoms with Gasteiger partial charge in [0.25, 0.3) is 0 Å². The van der Waals surface area contributed by atoms with E-state index in [0.717, 1.165) is 48.5 Å². The number of aromatic amines is 1. The monoisotopic (exact) mass is 363 g/mol. The van der Waals surface area contributed by atoms with E-state index < -0.39 is 0 Å². The van der Waals surface area contributed by atoms with Gasteiger partial charge in [0.1, 0.15) is 0 Å². The molecular weight excluding hydrogens is 338 g/mol. The van der Waals surface area contributed by atoms with E-state index in [1.54, 1.807) is 18.0 Å². The molecule has 1 aliphatic heterocycles. The van der Waals surface area contributed by atoms with Gasteiger partial charge in [0.2, 0.25) is 0 Å². The van der Waals surface area contributed by atoms with Crippen molar-refractivity contribution in [3.63, 3.8) is 0 Å². The third kappa shape index (κ3) is 4.99. The van der Waals surface area contributed by atoms with Crippen molar-refractivity contribution in [1.82, 2.24) is 25.2 Å². The summed E-state index contributed by atoms with van der Waals surface area (Å²) in [6, 6.07) is 2.75. The standard InChI is InChI=1S/C17H25N5S2/c1-13-11-22(8-7-18-13)9-10-23-16-3-4-19-15(14(16)2)12-24-17-20-5-6-21-17/h3-6,13,18H,7-12H2,1-2H3,(H,20,21). The number of piperazine rings is 1. The molecule has 2 aromatic rings. The van der Waals surface area contributed by atoms with Gasteiger partial charge in [0.05, 0.1) is 5.69 Å². The van der Waals surface area contributed by atoms with Crippen LogP contribution >= 0.6 is 23.5 Å². The molecule has 3 rings (SSSR count). The summed E-state index contributed by atoms with van der Waals surface area (Å²) in [5.41, 5.74) is 2.45. The zero-order chi connectivity index (χ0) is 16.8. The van der Waals surface area contributed by atoms with Crippen LogP contribution in [0, 0.1) is 6.92 Å². The van der Waals surface area contributed by atoms with Crippen molar-refractivity contribution in [2.75, 3.05) is 31.9 Å². The van der Waals surface area contributed by atoms with Gasteiger partial charge in [-0.15, -0.1) is 11.8 Å². The molecule has 130 valence electrons. The van der Waals surface area contributed by atoms with Crippen LogP contribution in [0.25, 0.3) is 0 Å².